The third-order valence-electron chi connectivity index (χ3n) is 5.73. The Bertz CT molecular complexity index is 870. The van der Waals surface area contributed by atoms with Crippen molar-refractivity contribution in [1.82, 2.24) is 0 Å². The van der Waals surface area contributed by atoms with Crippen molar-refractivity contribution >= 4 is 17.3 Å². The fourth-order valence-electron chi connectivity index (χ4n) is 3.96. The lowest BCUT2D eigenvalue weighted by Crippen LogP contribution is -2.18. The van der Waals surface area contributed by atoms with Gasteiger partial charge in [-0.1, -0.05) is 12.1 Å². The van der Waals surface area contributed by atoms with Crippen LogP contribution in [0.25, 0.3) is 0 Å². The minimum atomic E-state index is -4.34. The Balaban J connectivity index is 1.38. The molecule has 0 bridgehead atoms. The van der Waals surface area contributed by atoms with Crippen LogP contribution in [0.15, 0.2) is 42.5 Å². The van der Waals surface area contributed by atoms with E-state index in [0.717, 1.165) is 42.0 Å². The van der Waals surface area contributed by atoms with Crippen molar-refractivity contribution < 1.29 is 18.0 Å². The Morgan fingerprint density at radius 3 is 2.36 bits per heavy atom. The molecule has 1 saturated carbocycles. The van der Waals surface area contributed by atoms with E-state index in [1.807, 2.05) is 19.1 Å². The van der Waals surface area contributed by atoms with Crippen LogP contribution in [0, 0.1) is 12.8 Å². The van der Waals surface area contributed by atoms with E-state index in [1.165, 1.54) is 30.7 Å². The molecule has 4 rings (SSSR count). The first-order valence-electron chi connectivity index (χ1n) is 9.66. The summed E-state index contributed by atoms with van der Waals surface area (Å²) in [5, 5.41) is 2.99. The summed E-state index contributed by atoms with van der Waals surface area (Å²) in [5.74, 6) is -0.261. The molecule has 0 radical (unpaired) electrons. The molecule has 1 saturated heterocycles. The number of hydrogen-bond acceptors (Lipinski definition) is 2. The molecule has 148 valence electrons. The molecule has 1 amide bonds. The summed E-state index contributed by atoms with van der Waals surface area (Å²) in [6.45, 7) is 4.12. The van der Waals surface area contributed by atoms with Crippen molar-refractivity contribution in [2.75, 3.05) is 23.3 Å². The predicted octanol–water partition coefficient (Wildman–Crippen LogP) is 5.36. The third kappa shape index (κ3) is 3.86. The third-order valence-corrected chi connectivity index (χ3v) is 5.73. The number of carbonyl (C=O) groups excluding carboxylic acids is 1. The molecule has 2 aromatic rings. The highest BCUT2D eigenvalue weighted by Gasteiger charge is 2.44. The Hall–Kier alpha value is -2.50. The van der Waals surface area contributed by atoms with E-state index in [9.17, 15) is 18.0 Å². The first-order valence-corrected chi connectivity index (χ1v) is 9.66. The molecule has 1 N–H and O–H groups in total. The lowest BCUT2D eigenvalue weighted by Gasteiger charge is -2.19. The van der Waals surface area contributed by atoms with Crippen molar-refractivity contribution in [3.63, 3.8) is 0 Å². The van der Waals surface area contributed by atoms with Gasteiger partial charge in [-0.2, -0.15) is 13.2 Å². The molecule has 28 heavy (non-hydrogen) atoms. The van der Waals surface area contributed by atoms with E-state index in [-0.39, 0.29) is 17.7 Å². The van der Waals surface area contributed by atoms with Gasteiger partial charge in [0.15, 0.2) is 0 Å². The number of rotatable bonds is 4. The van der Waals surface area contributed by atoms with Gasteiger partial charge in [-0.3, -0.25) is 4.79 Å². The fraction of sp³-hybridized carbons (Fsp3) is 0.409. The Kier molecular flexibility index (Phi) is 4.81. The van der Waals surface area contributed by atoms with Crippen LogP contribution in [-0.2, 0) is 11.0 Å². The number of nitrogens with zero attached hydrogens (tertiary/aromatic N) is 1. The first-order chi connectivity index (χ1) is 13.3. The summed E-state index contributed by atoms with van der Waals surface area (Å²) in [4.78, 5) is 14.9. The first kappa shape index (κ1) is 18.8. The SMILES string of the molecule is Cc1cc(N2CCCC2)ccc1NC(=O)[C@@H]1C[C@@H]1c1ccc(C(F)(F)F)cc1. The Morgan fingerprint density at radius 1 is 1.07 bits per heavy atom. The largest absolute Gasteiger partial charge is 0.416 e. The smallest absolute Gasteiger partial charge is 0.372 e. The zero-order valence-electron chi connectivity index (χ0n) is 15.7. The van der Waals surface area contributed by atoms with E-state index in [4.69, 9.17) is 0 Å². The molecule has 0 spiro atoms. The van der Waals surface area contributed by atoms with Crippen LogP contribution in [0.2, 0.25) is 0 Å². The van der Waals surface area contributed by atoms with Crippen LogP contribution < -0.4 is 10.2 Å². The van der Waals surface area contributed by atoms with Crippen molar-refractivity contribution in [2.45, 2.75) is 38.3 Å². The summed E-state index contributed by atoms with van der Waals surface area (Å²) in [6.07, 6.45) is -1.24. The number of aryl methyl sites for hydroxylation is 1. The quantitative estimate of drug-likeness (QED) is 0.765. The molecule has 3 nitrogen and oxygen atoms in total. The molecule has 0 unspecified atom stereocenters. The van der Waals surface area contributed by atoms with Gasteiger partial charge < -0.3 is 10.2 Å². The monoisotopic (exact) mass is 388 g/mol. The lowest BCUT2D eigenvalue weighted by atomic mass is 10.1. The Labute approximate surface area is 162 Å². The highest BCUT2D eigenvalue weighted by molar-refractivity contribution is 5.96. The molecule has 1 aliphatic heterocycles. The van der Waals surface area contributed by atoms with Gasteiger partial charge in [0.1, 0.15) is 0 Å². The van der Waals surface area contributed by atoms with E-state index in [1.54, 1.807) is 0 Å². The second kappa shape index (κ2) is 7.15. The fourth-order valence-corrected chi connectivity index (χ4v) is 3.96. The van der Waals surface area contributed by atoms with Gasteiger partial charge in [-0.05, 0) is 73.6 Å². The zero-order chi connectivity index (χ0) is 19.9. The molecule has 1 heterocycles. The molecule has 6 heteroatoms. The van der Waals surface area contributed by atoms with Gasteiger partial charge in [-0.15, -0.1) is 0 Å². The number of alkyl halides is 3. The van der Waals surface area contributed by atoms with Crippen LogP contribution in [-0.4, -0.2) is 19.0 Å². The summed E-state index contributed by atoms with van der Waals surface area (Å²) >= 11 is 0. The summed E-state index contributed by atoms with van der Waals surface area (Å²) in [5.41, 5.74) is 3.12. The number of benzene rings is 2. The summed E-state index contributed by atoms with van der Waals surface area (Å²) in [6, 6.07) is 11.2. The van der Waals surface area contributed by atoms with Crippen LogP contribution in [0.1, 0.15) is 41.9 Å². The van der Waals surface area contributed by atoms with E-state index in [0.29, 0.717) is 6.42 Å². The number of carbonyl (C=O) groups is 1. The highest BCUT2D eigenvalue weighted by Crippen LogP contribution is 2.48. The molecular weight excluding hydrogens is 365 g/mol. The molecule has 1 aliphatic carbocycles. The maximum atomic E-state index is 12.7. The van der Waals surface area contributed by atoms with Gasteiger partial charge in [0, 0.05) is 30.4 Å². The predicted molar refractivity (Wildman–Crippen MR) is 104 cm³/mol. The van der Waals surface area contributed by atoms with Crippen LogP contribution in [0.4, 0.5) is 24.5 Å². The average Bonchev–Trinajstić information content (AvgIpc) is 3.28. The van der Waals surface area contributed by atoms with E-state index < -0.39 is 11.7 Å². The second-order valence-electron chi connectivity index (χ2n) is 7.75. The average molecular weight is 388 g/mol. The number of nitrogens with one attached hydrogen (secondary N) is 1. The summed E-state index contributed by atoms with van der Waals surface area (Å²) in [7, 11) is 0. The van der Waals surface area contributed by atoms with E-state index >= 15 is 0 Å². The lowest BCUT2D eigenvalue weighted by molar-refractivity contribution is -0.137. The van der Waals surface area contributed by atoms with Gasteiger partial charge in [0.2, 0.25) is 5.91 Å². The van der Waals surface area contributed by atoms with Crippen molar-refractivity contribution in [2.24, 2.45) is 5.92 Å². The van der Waals surface area contributed by atoms with Crippen LogP contribution in [0.3, 0.4) is 0 Å². The molecule has 2 fully saturated rings. The minimum Gasteiger partial charge on any atom is -0.372 e. The molecule has 2 aromatic carbocycles. The van der Waals surface area contributed by atoms with Gasteiger partial charge >= 0.3 is 6.18 Å². The standard InChI is InChI=1S/C22H23F3N2O/c1-14-12-17(27-10-2-3-11-27)8-9-20(14)26-21(28)19-13-18(19)15-4-6-16(7-5-15)22(23,24)25/h4-9,12,18-19H,2-3,10-11,13H2,1H3,(H,26,28)/t18-,19-/m1/s1. The number of halogens is 3. The molecule has 2 aliphatic rings. The van der Waals surface area contributed by atoms with Crippen molar-refractivity contribution in [3.8, 4) is 0 Å². The maximum Gasteiger partial charge on any atom is 0.416 e. The zero-order valence-corrected chi connectivity index (χ0v) is 15.7. The molecular formula is C22H23F3N2O. The highest BCUT2D eigenvalue weighted by atomic mass is 19.4. The van der Waals surface area contributed by atoms with Gasteiger partial charge in [0.25, 0.3) is 0 Å². The molecule has 2 atom stereocenters. The maximum absolute atomic E-state index is 12.7. The number of amides is 1. The van der Waals surface area contributed by atoms with Crippen LogP contribution in [0.5, 0.6) is 0 Å². The normalized spacial score (nSPS) is 21.6. The van der Waals surface area contributed by atoms with Crippen molar-refractivity contribution in [1.29, 1.82) is 0 Å². The van der Waals surface area contributed by atoms with Gasteiger partial charge in [-0.25, -0.2) is 0 Å². The van der Waals surface area contributed by atoms with Crippen LogP contribution >= 0.6 is 0 Å². The topological polar surface area (TPSA) is 32.3 Å². The number of anilines is 2. The summed E-state index contributed by atoms with van der Waals surface area (Å²) < 4.78 is 38.0. The number of hydrogen-bond donors (Lipinski definition) is 1. The van der Waals surface area contributed by atoms with Gasteiger partial charge in [0.05, 0.1) is 5.56 Å². The molecule has 0 aromatic heterocycles. The van der Waals surface area contributed by atoms with E-state index in [2.05, 4.69) is 16.3 Å². The minimum absolute atomic E-state index is 0.00790. The second-order valence-corrected chi connectivity index (χ2v) is 7.75. The Morgan fingerprint density at radius 2 is 1.75 bits per heavy atom. The van der Waals surface area contributed by atoms with Crippen molar-refractivity contribution in [3.05, 3.63) is 59.2 Å².